The fourth-order valence-corrected chi connectivity index (χ4v) is 3.83. The summed E-state index contributed by atoms with van der Waals surface area (Å²) in [6, 6.07) is 26.1. The highest BCUT2D eigenvalue weighted by Gasteiger charge is 2.24. The lowest BCUT2D eigenvalue weighted by molar-refractivity contribution is -0.116. The number of amides is 1. The molecular weight excluding hydrogens is 400 g/mol. The number of hydrogen-bond donors (Lipinski definition) is 3. The highest BCUT2D eigenvalue weighted by atomic mass is 16.5. The van der Waals surface area contributed by atoms with Crippen LogP contribution in [-0.2, 0) is 17.9 Å². The number of aliphatic imine (C=N–C) groups is 1. The van der Waals surface area contributed by atoms with E-state index in [1.165, 1.54) is 0 Å². The minimum Gasteiger partial charge on any atom is -0.489 e. The average molecular weight is 429 g/mol. The molecule has 3 aromatic carbocycles. The van der Waals surface area contributed by atoms with Crippen molar-refractivity contribution in [3.05, 3.63) is 95.6 Å². The van der Waals surface area contributed by atoms with Crippen molar-refractivity contribution in [3.8, 4) is 5.75 Å². The zero-order chi connectivity index (χ0) is 22.2. The Hall–Kier alpha value is -3.80. The van der Waals surface area contributed by atoms with E-state index in [9.17, 15) is 4.79 Å². The number of nitrogens with zero attached hydrogens (tertiary/aromatic N) is 1. The standard InChI is InChI=1S/C26H28N4O2/c1-27-26(29-17-21-15-25(31)30-23-13-7-6-12-22(21)23)28-16-20-11-5-8-14-24(20)32-18-19-9-3-2-4-10-19/h2-14,21H,15-18H2,1H3,(H,30,31)(H2,27,28,29). The minimum atomic E-state index is 0.0444. The lowest BCUT2D eigenvalue weighted by Gasteiger charge is -2.26. The van der Waals surface area contributed by atoms with Gasteiger partial charge in [-0.25, -0.2) is 0 Å². The van der Waals surface area contributed by atoms with Crippen LogP contribution in [0.2, 0.25) is 0 Å². The molecular formula is C26H28N4O2. The van der Waals surface area contributed by atoms with E-state index in [0.717, 1.165) is 28.1 Å². The predicted molar refractivity (Wildman–Crippen MR) is 128 cm³/mol. The summed E-state index contributed by atoms with van der Waals surface area (Å²) in [5, 5.41) is 9.67. The van der Waals surface area contributed by atoms with Gasteiger partial charge in [-0.2, -0.15) is 0 Å². The SMILES string of the molecule is CN=C(NCc1ccccc1OCc1ccccc1)NCC1CC(=O)Nc2ccccc21. The molecule has 0 aliphatic carbocycles. The summed E-state index contributed by atoms with van der Waals surface area (Å²) >= 11 is 0. The summed E-state index contributed by atoms with van der Waals surface area (Å²) in [6.07, 6.45) is 0.456. The van der Waals surface area contributed by atoms with E-state index in [4.69, 9.17) is 4.74 Å². The van der Waals surface area contributed by atoms with Crippen molar-refractivity contribution in [2.24, 2.45) is 4.99 Å². The van der Waals surface area contributed by atoms with Crippen LogP contribution < -0.4 is 20.7 Å². The smallest absolute Gasteiger partial charge is 0.225 e. The molecule has 4 rings (SSSR count). The third kappa shape index (κ3) is 5.46. The number of guanidine groups is 1. The maximum atomic E-state index is 12.1. The van der Waals surface area contributed by atoms with Crippen molar-refractivity contribution >= 4 is 17.6 Å². The first kappa shape index (κ1) is 21.4. The summed E-state index contributed by atoms with van der Waals surface area (Å²) in [6.45, 7) is 1.72. The van der Waals surface area contributed by atoms with Gasteiger partial charge in [-0.1, -0.05) is 66.7 Å². The molecule has 1 atom stereocenters. The fraction of sp³-hybridized carbons (Fsp3) is 0.231. The van der Waals surface area contributed by atoms with Crippen molar-refractivity contribution in [3.63, 3.8) is 0 Å². The second-order valence-corrected chi connectivity index (χ2v) is 7.73. The maximum absolute atomic E-state index is 12.1. The van der Waals surface area contributed by atoms with Crippen LogP contribution in [0.25, 0.3) is 0 Å². The summed E-state index contributed by atoms with van der Waals surface area (Å²) in [4.78, 5) is 16.4. The van der Waals surface area contributed by atoms with Gasteiger partial charge in [-0.3, -0.25) is 9.79 Å². The number of rotatable bonds is 7. The zero-order valence-corrected chi connectivity index (χ0v) is 18.2. The van der Waals surface area contributed by atoms with Gasteiger partial charge < -0.3 is 20.7 Å². The molecule has 3 aromatic rings. The van der Waals surface area contributed by atoms with Gasteiger partial charge in [0.05, 0.1) is 0 Å². The quantitative estimate of drug-likeness (QED) is 0.392. The van der Waals surface area contributed by atoms with E-state index >= 15 is 0 Å². The lowest BCUT2D eigenvalue weighted by atomic mass is 9.90. The molecule has 0 fully saturated rings. The number of para-hydroxylation sites is 2. The van der Waals surface area contributed by atoms with Gasteiger partial charge in [-0.05, 0) is 23.3 Å². The molecule has 1 unspecified atom stereocenters. The first-order chi connectivity index (χ1) is 15.7. The second kappa shape index (κ2) is 10.5. The molecule has 32 heavy (non-hydrogen) atoms. The van der Waals surface area contributed by atoms with E-state index in [-0.39, 0.29) is 11.8 Å². The Balaban J connectivity index is 1.34. The van der Waals surface area contributed by atoms with Gasteiger partial charge >= 0.3 is 0 Å². The molecule has 0 saturated carbocycles. The molecule has 3 N–H and O–H groups in total. The minimum absolute atomic E-state index is 0.0444. The van der Waals surface area contributed by atoms with E-state index in [1.807, 2.05) is 60.7 Å². The van der Waals surface area contributed by atoms with E-state index < -0.39 is 0 Å². The normalized spacial score (nSPS) is 15.5. The largest absolute Gasteiger partial charge is 0.489 e. The first-order valence-corrected chi connectivity index (χ1v) is 10.8. The predicted octanol–water partition coefficient (Wildman–Crippen LogP) is 4.06. The van der Waals surface area contributed by atoms with Crippen LogP contribution in [0.3, 0.4) is 0 Å². The molecule has 0 bridgehead atoms. The Morgan fingerprint density at radius 1 is 1.00 bits per heavy atom. The van der Waals surface area contributed by atoms with Gasteiger partial charge in [0.25, 0.3) is 0 Å². The Morgan fingerprint density at radius 2 is 1.75 bits per heavy atom. The van der Waals surface area contributed by atoms with Crippen molar-refractivity contribution in [1.29, 1.82) is 0 Å². The van der Waals surface area contributed by atoms with E-state index in [0.29, 0.717) is 32.1 Å². The highest BCUT2D eigenvalue weighted by Crippen LogP contribution is 2.31. The molecule has 164 valence electrons. The number of carbonyl (C=O) groups is 1. The zero-order valence-electron chi connectivity index (χ0n) is 18.2. The first-order valence-electron chi connectivity index (χ1n) is 10.8. The number of carbonyl (C=O) groups excluding carboxylic acids is 1. The molecule has 0 spiro atoms. The van der Waals surface area contributed by atoms with E-state index in [1.54, 1.807) is 7.05 Å². The number of fused-ring (bicyclic) bond motifs is 1. The summed E-state index contributed by atoms with van der Waals surface area (Å²) in [7, 11) is 1.74. The molecule has 1 amide bonds. The summed E-state index contributed by atoms with van der Waals surface area (Å²) in [5.74, 6) is 1.67. The molecule has 0 saturated heterocycles. The molecule has 6 heteroatoms. The number of hydrogen-bond acceptors (Lipinski definition) is 3. The van der Waals surface area contributed by atoms with Crippen LogP contribution in [0, 0.1) is 0 Å². The Labute approximate surface area is 188 Å². The van der Waals surface area contributed by atoms with Crippen molar-refractivity contribution in [1.82, 2.24) is 10.6 Å². The molecule has 6 nitrogen and oxygen atoms in total. The van der Waals surface area contributed by atoms with Crippen LogP contribution in [-0.4, -0.2) is 25.5 Å². The average Bonchev–Trinajstić information content (AvgIpc) is 2.84. The van der Waals surface area contributed by atoms with Gasteiger partial charge in [0.1, 0.15) is 12.4 Å². The van der Waals surface area contributed by atoms with Crippen molar-refractivity contribution < 1.29 is 9.53 Å². The van der Waals surface area contributed by atoms with Gasteiger partial charge in [-0.15, -0.1) is 0 Å². The van der Waals surface area contributed by atoms with E-state index in [2.05, 4.69) is 39.1 Å². The molecule has 1 heterocycles. The monoisotopic (exact) mass is 428 g/mol. The Morgan fingerprint density at radius 3 is 2.59 bits per heavy atom. The van der Waals surface area contributed by atoms with Crippen LogP contribution >= 0.6 is 0 Å². The van der Waals surface area contributed by atoms with Crippen molar-refractivity contribution in [2.45, 2.75) is 25.5 Å². The van der Waals surface area contributed by atoms with Gasteiger partial charge in [0, 0.05) is 43.7 Å². The molecule has 0 aromatic heterocycles. The number of ether oxygens (including phenoxy) is 1. The fourth-order valence-electron chi connectivity index (χ4n) is 3.83. The van der Waals surface area contributed by atoms with Gasteiger partial charge in [0.15, 0.2) is 5.96 Å². The Bertz CT molecular complexity index is 1080. The topological polar surface area (TPSA) is 74.8 Å². The number of benzene rings is 3. The molecule has 0 radical (unpaired) electrons. The van der Waals surface area contributed by atoms with Crippen LogP contribution in [0.15, 0.2) is 83.9 Å². The summed E-state index contributed by atoms with van der Waals surface area (Å²) in [5.41, 5.74) is 4.22. The van der Waals surface area contributed by atoms with Crippen LogP contribution in [0.4, 0.5) is 5.69 Å². The summed E-state index contributed by atoms with van der Waals surface area (Å²) < 4.78 is 6.05. The molecule has 1 aliphatic heterocycles. The molecule has 1 aliphatic rings. The van der Waals surface area contributed by atoms with Gasteiger partial charge in [0.2, 0.25) is 5.91 Å². The highest BCUT2D eigenvalue weighted by molar-refractivity contribution is 5.94. The maximum Gasteiger partial charge on any atom is 0.225 e. The third-order valence-electron chi connectivity index (χ3n) is 5.50. The lowest BCUT2D eigenvalue weighted by Crippen LogP contribution is -2.40. The van der Waals surface area contributed by atoms with Crippen LogP contribution in [0.1, 0.15) is 29.0 Å². The van der Waals surface area contributed by atoms with Crippen molar-refractivity contribution in [2.75, 3.05) is 18.9 Å². The Kier molecular flexibility index (Phi) is 7.02. The third-order valence-corrected chi connectivity index (χ3v) is 5.50. The van der Waals surface area contributed by atoms with Crippen LogP contribution in [0.5, 0.6) is 5.75 Å². The second-order valence-electron chi connectivity index (χ2n) is 7.73. The number of nitrogens with one attached hydrogen (secondary N) is 3. The number of anilines is 1.